The highest BCUT2D eigenvalue weighted by Crippen LogP contribution is 2.23. The Hall–Kier alpha value is -1.93. The van der Waals surface area contributed by atoms with Crippen molar-refractivity contribution in [3.8, 4) is 0 Å². The predicted molar refractivity (Wildman–Crippen MR) is 97.0 cm³/mol. The number of aromatic nitrogens is 1. The van der Waals surface area contributed by atoms with Gasteiger partial charge >= 0.3 is 0 Å². The Morgan fingerprint density at radius 2 is 1.96 bits per heavy atom. The van der Waals surface area contributed by atoms with Crippen LogP contribution in [0.25, 0.3) is 0 Å². The summed E-state index contributed by atoms with van der Waals surface area (Å²) in [7, 11) is -3.40. The molecule has 0 bridgehead atoms. The Balaban J connectivity index is 1.94. The van der Waals surface area contributed by atoms with E-state index in [1.54, 1.807) is 6.92 Å². The molecule has 1 heterocycles. The van der Waals surface area contributed by atoms with Crippen LogP contribution in [0.4, 0.5) is 5.13 Å². The van der Waals surface area contributed by atoms with Crippen LogP contribution < -0.4 is 10.0 Å². The van der Waals surface area contributed by atoms with E-state index >= 15 is 0 Å². The number of carbonyl (C=O) groups is 1. The number of nitrogens with one attached hydrogen (secondary N) is 2. The number of thiazole rings is 1. The van der Waals surface area contributed by atoms with Gasteiger partial charge in [-0.1, -0.05) is 41.7 Å². The lowest BCUT2D eigenvalue weighted by Gasteiger charge is -2.13. The smallest absolute Gasteiger partial charge is 0.263 e. The van der Waals surface area contributed by atoms with Crippen LogP contribution in [-0.4, -0.2) is 31.6 Å². The van der Waals surface area contributed by atoms with E-state index in [1.165, 1.54) is 5.56 Å². The van der Waals surface area contributed by atoms with Crippen LogP contribution in [0, 0.1) is 6.92 Å². The standard InChI is InChI=1S/C16H21N3O3S2/c1-11(9-10-13-7-5-4-6-8-13)17-15(20)14-12(2)18-16(23-14)19-24(3,21)22/h4-8,11H,9-10H2,1-3H3,(H,17,20)(H,18,19)/t11-/m1/s1. The average Bonchev–Trinajstić information content (AvgIpc) is 2.84. The molecule has 24 heavy (non-hydrogen) atoms. The second-order valence-electron chi connectivity index (χ2n) is 5.71. The normalized spacial score (nSPS) is 12.6. The molecule has 8 heteroatoms. The van der Waals surface area contributed by atoms with Crippen LogP contribution in [0.5, 0.6) is 0 Å². The fourth-order valence-corrected chi connectivity index (χ4v) is 3.90. The number of nitrogens with zero attached hydrogens (tertiary/aromatic N) is 1. The van der Waals surface area contributed by atoms with Crippen LogP contribution in [-0.2, 0) is 16.4 Å². The molecule has 0 fully saturated rings. The summed E-state index contributed by atoms with van der Waals surface area (Å²) in [6.45, 7) is 3.64. The lowest BCUT2D eigenvalue weighted by molar-refractivity contribution is 0.0941. The first-order valence-electron chi connectivity index (χ1n) is 7.54. The SMILES string of the molecule is Cc1nc(NS(C)(=O)=O)sc1C(=O)N[C@H](C)CCc1ccccc1. The van der Waals surface area contributed by atoms with Gasteiger partial charge in [0.25, 0.3) is 5.91 Å². The van der Waals surface area contributed by atoms with E-state index in [0.29, 0.717) is 10.6 Å². The Kier molecular flexibility index (Phi) is 5.95. The fourth-order valence-electron chi connectivity index (χ4n) is 2.20. The zero-order valence-electron chi connectivity index (χ0n) is 13.9. The molecule has 2 aromatic rings. The maximum atomic E-state index is 12.3. The number of carbonyl (C=O) groups excluding carboxylic acids is 1. The van der Waals surface area contributed by atoms with Crippen LogP contribution in [0.3, 0.4) is 0 Å². The Morgan fingerprint density at radius 1 is 1.29 bits per heavy atom. The summed E-state index contributed by atoms with van der Waals surface area (Å²) in [5, 5.41) is 3.14. The largest absolute Gasteiger partial charge is 0.349 e. The number of sulfonamides is 1. The molecule has 0 radical (unpaired) electrons. The zero-order chi connectivity index (χ0) is 17.7. The molecule has 2 rings (SSSR count). The van der Waals surface area contributed by atoms with Gasteiger partial charge < -0.3 is 5.32 Å². The van der Waals surface area contributed by atoms with Crippen molar-refractivity contribution < 1.29 is 13.2 Å². The molecule has 0 saturated carbocycles. The molecular weight excluding hydrogens is 346 g/mol. The number of amides is 1. The highest BCUT2D eigenvalue weighted by molar-refractivity contribution is 7.92. The quantitative estimate of drug-likeness (QED) is 0.787. The van der Waals surface area contributed by atoms with E-state index in [9.17, 15) is 13.2 Å². The molecule has 0 aliphatic heterocycles. The van der Waals surface area contributed by atoms with Gasteiger partial charge in [-0.05, 0) is 32.3 Å². The van der Waals surface area contributed by atoms with Crippen LogP contribution in [0.1, 0.15) is 34.3 Å². The maximum absolute atomic E-state index is 12.3. The minimum Gasteiger partial charge on any atom is -0.349 e. The minimum atomic E-state index is -3.40. The molecule has 1 atom stereocenters. The van der Waals surface area contributed by atoms with Gasteiger partial charge in [0.15, 0.2) is 5.13 Å². The van der Waals surface area contributed by atoms with Crippen molar-refractivity contribution in [1.29, 1.82) is 0 Å². The highest BCUT2D eigenvalue weighted by atomic mass is 32.2. The van der Waals surface area contributed by atoms with Gasteiger partial charge in [-0.15, -0.1) is 0 Å². The summed E-state index contributed by atoms with van der Waals surface area (Å²) < 4.78 is 24.8. The summed E-state index contributed by atoms with van der Waals surface area (Å²) in [5.41, 5.74) is 1.74. The molecule has 1 aromatic carbocycles. The third-order valence-corrected chi connectivity index (χ3v) is 5.13. The Bertz CT molecular complexity index is 801. The van der Waals surface area contributed by atoms with Crippen molar-refractivity contribution in [1.82, 2.24) is 10.3 Å². The summed E-state index contributed by atoms with van der Waals surface area (Å²) in [6.07, 6.45) is 2.75. The third kappa shape index (κ3) is 5.61. The van der Waals surface area contributed by atoms with Crippen molar-refractivity contribution in [3.63, 3.8) is 0 Å². The summed E-state index contributed by atoms with van der Waals surface area (Å²) >= 11 is 1.04. The summed E-state index contributed by atoms with van der Waals surface area (Å²) in [5.74, 6) is -0.230. The predicted octanol–water partition coefficient (Wildman–Crippen LogP) is 2.57. The van der Waals surface area contributed by atoms with Gasteiger partial charge in [0, 0.05) is 6.04 Å². The minimum absolute atomic E-state index is 0.00511. The number of hydrogen-bond acceptors (Lipinski definition) is 5. The van der Waals surface area contributed by atoms with Gasteiger partial charge in [-0.2, -0.15) is 0 Å². The molecular formula is C16H21N3O3S2. The topological polar surface area (TPSA) is 88.2 Å². The third-order valence-electron chi connectivity index (χ3n) is 3.36. The number of rotatable bonds is 7. The average molecular weight is 367 g/mol. The van der Waals surface area contributed by atoms with E-state index in [0.717, 1.165) is 30.4 Å². The monoisotopic (exact) mass is 367 g/mol. The molecule has 0 unspecified atom stereocenters. The molecule has 2 N–H and O–H groups in total. The molecule has 0 spiro atoms. The number of benzene rings is 1. The van der Waals surface area contributed by atoms with E-state index in [-0.39, 0.29) is 17.1 Å². The first kappa shape index (κ1) is 18.4. The van der Waals surface area contributed by atoms with E-state index in [4.69, 9.17) is 0 Å². The molecule has 1 amide bonds. The lowest BCUT2D eigenvalue weighted by atomic mass is 10.1. The van der Waals surface area contributed by atoms with Crippen molar-refractivity contribution in [3.05, 3.63) is 46.5 Å². The van der Waals surface area contributed by atoms with Crippen molar-refractivity contribution in [2.45, 2.75) is 32.7 Å². The van der Waals surface area contributed by atoms with Gasteiger partial charge in [0.05, 0.1) is 11.9 Å². The molecule has 1 aromatic heterocycles. The summed E-state index contributed by atoms with van der Waals surface area (Å²) in [6, 6.07) is 10.1. The molecule has 0 aliphatic carbocycles. The summed E-state index contributed by atoms with van der Waals surface area (Å²) in [4.78, 5) is 16.9. The first-order valence-corrected chi connectivity index (χ1v) is 10.3. The van der Waals surface area contributed by atoms with Crippen LogP contribution in [0.15, 0.2) is 30.3 Å². The number of hydrogen-bond donors (Lipinski definition) is 2. The highest BCUT2D eigenvalue weighted by Gasteiger charge is 2.18. The second kappa shape index (κ2) is 7.76. The molecule has 0 aliphatic rings. The van der Waals surface area contributed by atoms with Crippen molar-refractivity contribution >= 4 is 32.4 Å². The fraction of sp³-hybridized carbons (Fsp3) is 0.375. The molecule has 0 saturated heterocycles. The second-order valence-corrected chi connectivity index (χ2v) is 8.45. The van der Waals surface area contributed by atoms with E-state index < -0.39 is 10.0 Å². The van der Waals surface area contributed by atoms with Crippen molar-refractivity contribution in [2.75, 3.05) is 11.0 Å². The first-order chi connectivity index (χ1) is 11.2. The van der Waals surface area contributed by atoms with Crippen molar-refractivity contribution in [2.24, 2.45) is 0 Å². The van der Waals surface area contributed by atoms with Crippen LogP contribution >= 0.6 is 11.3 Å². The number of anilines is 1. The van der Waals surface area contributed by atoms with E-state index in [1.807, 2.05) is 25.1 Å². The van der Waals surface area contributed by atoms with E-state index in [2.05, 4.69) is 27.2 Å². The van der Waals surface area contributed by atoms with Gasteiger partial charge in [-0.25, -0.2) is 13.4 Å². The Labute approximate surface area is 146 Å². The number of aryl methyl sites for hydroxylation is 2. The van der Waals surface area contributed by atoms with Gasteiger partial charge in [-0.3, -0.25) is 9.52 Å². The molecule has 6 nitrogen and oxygen atoms in total. The zero-order valence-corrected chi connectivity index (χ0v) is 15.5. The van der Waals surface area contributed by atoms with Gasteiger partial charge in [0.1, 0.15) is 4.88 Å². The maximum Gasteiger partial charge on any atom is 0.263 e. The van der Waals surface area contributed by atoms with Gasteiger partial charge in [0.2, 0.25) is 10.0 Å². The Morgan fingerprint density at radius 3 is 2.58 bits per heavy atom. The lowest BCUT2D eigenvalue weighted by Crippen LogP contribution is -2.32. The van der Waals surface area contributed by atoms with Crippen LogP contribution in [0.2, 0.25) is 0 Å². The molecule has 130 valence electrons.